The summed E-state index contributed by atoms with van der Waals surface area (Å²) in [4.78, 5) is 9.26. The summed E-state index contributed by atoms with van der Waals surface area (Å²) in [6.07, 6.45) is 5.76. The van der Waals surface area contributed by atoms with Crippen LogP contribution in [0.1, 0.15) is 6.92 Å². The van der Waals surface area contributed by atoms with Crippen molar-refractivity contribution in [3.63, 3.8) is 0 Å². The normalized spacial score (nSPS) is 39.2. The van der Waals surface area contributed by atoms with Crippen molar-refractivity contribution in [2.24, 2.45) is 4.99 Å². The highest BCUT2D eigenvalue weighted by molar-refractivity contribution is 5.69. The van der Waals surface area contributed by atoms with E-state index in [2.05, 4.69) is 4.99 Å². The Balaban J connectivity index is 2.22. The highest BCUT2D eigenvalue weighted by Gasteiger charge is 2.29. The van der Waals surface area contributed by atoms with Gasteiger partial charge in [0.15, 0.2) is 0 Å². The van der Waals surface area contributed by atoms with Gasteiger partial charge in [-0.05, 0) is 13.0 Å². The first-order chi connectivity index (χ1) is 4.38. The summed E-state index contributed by atoms with van der Waals surface area (Å²) in [6, 6.07) is 0.292. The second-order valence-corrected chi connectivity index (χ2v) is 2.21. The average molecular weight is 124 g/mol. The average Bonchev–Trinajstić information content (AvgIpc) is 2.35. The first-order valence-corrected chi connectivity index (χ1v) is 3.03. The second kappa shape index (κ2) is 1.57. The Labute approximate surface area is 53.6 Å². The lowest BCUT2D eigenvalue weighted by Gasteiger charge is -2.16. The molecular weight excluding hydrogens is 116 g/mol. The van der Waals surface area contributed by atoms with Gasteiger partial charge in [0.25, 0.3) is 0 Å². The number of hydrogen-bond donors (Lipinski definition) is 0. The molecule has 2 aliphatic rings. The van der Waals surface area contributed by atoms with E-state index in [1.165, 1.54) is 0 Å². The van der Waals surface area contributed by atoms with Crippen LogP contribution >= 0.6 is 0 Å². The van der Waals surface area contributed by atoms with E-state index >= 15 is 0 Å². The van der Waals surface area contributed by atoms with E-state index in [0.29, 0.717) is 6.04 Å². The monoisotopic (exact) mass is 124 g/mol. The molecule has 0 N–H and O–H groups in total. The maximum atomic E-state index is 5.12. The van der Waals surface area contributed by atoms with Crippen molar-refractivity contribution >= 4 is 6.21 Å². The Morgan fingerprint density at radius 1 is 1.67 bits per heavy atom. The Kier molecular flexibility index (Phi) is 0.873. The topological polar surface area (TPSA) is 24.8 Å². The van der Waals surface area contributed by atoms with Crippen LogP contribution in [0.3, 0.4) is 0 Å². The fraction of sp³-hybridized carbons (Fsp3) is 0.500. The lowest BCUT2D eigenvalue weighted by atomic mass is 10.3. The maximum Gasteiger partial charge on any atom is 0.133 e. The third-order valence-corrected chi connectivity index (χ3v) is 1.57. The molecule has 0 aliphatic carbocycles. The number of fused-ring (bicyclic) bond motifs is 1. The van der Waals surface area contributed by atoms with Crippen LogP contribution in [-0.2, 0) is 4.84 Å². The molecule has 0 amide bonds. The predicted octanol–water partition coefficient (Wildman–Crippen LogP) is 0.546. The molecule has 48 valence electrons. The smallest absolute Gasteiger partial charge is 0.133 e. The minimum absolute atomic E-state index is 0.185. The van der Waals surface area contributed by atoms with E-state index in [-0.39, 0.29) is 6.17 Å². The van der Waals surface area contributed by atoms with Gasteiger partial charge < -0.3 is 4.84 Å². The van der Waals surface area contributed by atoms with Crippen molar-refractivity contribution in [3.05, 3.63) is 12.3 Å². The summed E-state index contributed by atoms with van der Waals surface area (Å²) in [5, 5.41) is 1.85. The third-order valence-electron chi connectivity index (χ3n) is 1.57. The molecule has 2 unspecified atom stereocenters. The van der Waals surface area contributed by atoms with Crippen LogP contribution in [0, 0.1) is 0 Å². The Morgan fingerprint density at radius 2 is 2.56 bits per heavy atom. The lowest BCUT2D eigenvalue weighted by Crippen LogP contribution is -2.29. The number of aliphatic imine (C=N–C) groups is 1. The van der Waals surface area contributed by atoms with Gasteiger partial charge in [-0.3, -0.25) is 4.99 Å². The molecule has 0 radical (unpaired) electrons. The zero-order chi connectivity index (χ0) is 6.27. The first-order valence-electron chi connectivity index (χ1n) is 3.03. The molecule has 2 heterocycles. The van der Waals surface area contributed by atoms with Crippen LogP contribution in [-0.4, -0.2) is 23.5 Å². The van der Waals surface area contributed by atoms with Crippen LogP contribution in [0.15, 0.2) is 17.3 Å². The van der Waals surface area contributed by atoms with Crippen LogP contribution in [0.5, 0.6) is 0 Å². The molecule has 2 atom stereocenters. The quantitative estimate of drug-likeness (QED) is 0.471. The molecule has 0 bridgehead atoms. The minimum Gasteiger partial charge on any atom is -0.411 e. The van der Waals surface area contributed by atoms with Gasteiger partial charge >= 0.3 is 0 Å². The highest BCUT2D eigenvalue weighted by Crippen LogP contribution is 2.18. The van der Waals surface area contributed by atoms with Crippen molar-refractivity contribution in [2.75, 3.05) is 0 Å². The zero-order valence-electron chi connectivity index (χ0n) is 5.19. The van der Waals surface area contributed by atoms with Gasteiger partial charge in [-0.2, -0.15) is 0 Å². The highest BCUT2D eigenvalue weighted by atomic mass is 16.7. The Bertz CT molecular complexity index is 176. The molecule has 0 spiro atoms. The molecule has 9 heavy (non-hydrogen) atoms. The van der Waals surface area contributed by atoms with Gasteiger partial charge in [0.2, 0.25) is 0 Å². The third kappa shape index (κ3) is 0.580. The number of hydrogen-bond acceptors (Lipinski definition) is 3. The van der Waals surface area contributed by atoms with E-state index in [9.17, 15) is 0 Å². The van der Waals surface area contributed by atoms with Crippen LogP contribution < -0.4 is 0 Å². The Hall–Kier alpha value is -0.830. The van der Waals surface area contributed by atoms with Gasteiger partial charge in [0, 0.05) is 6.21 Å². The molecule has 0 saturated carbocycles. The van der Waals surface area contributed by atoms with Gasteiger partial charge in [-0.15, -0.1) is 5.06 Å². The summed E-state index contributed by atoms with van der Waals surface area (Å²) in [5.41, 5.74) is 0. The van der Waals surface area contributed by atoms with Crippen molar-refractivity contribution in [2.45, 2.75) is 19.1 Å². The van der Waals surface area contributed by atoms with Gasteiger partial charge in [0.05, 0.1) is 0 Å². The van der Waals surface area contributed by atoms with E-state index in [1.807, 2.05) is 24.3 Å². The molecule has 2 rings (SSSR count). The van der Waals surface area contributed by atoms with E-state index in [4.69, 9.17) is 4.84 Å². The van der Waals surface area contributed by atoms with E-state index in [1.54, 1.807) is 6.26 Å². The van der Waals surface area contributed by atoms with Crippen LogP contribution in [0.4, 0.5) is 0 Å². The number of nitrogens with zero attached hydrogens (tertiary/aromatic N) is 2. The Morgan fingerprint density at radius 3 is 3.33 bits per heavy atom. The SMILES string of the molecule is CC1N=CC2C=CON21. The molecule has 2 aliphatic heterocycles. The van der Waals surface area contributed by atoms with E-state index in [0.717, 1.165) is 0 Å². The van der Waals surface area contributed by atoms with E-state index < -0.39 is 0 Å². The van der Waals surface area contributed by atoms with Gasteiger partial charge in [-0.1, -0.05) is 0 Å². The van der Waals surface area contributed by atoms with Crippen molar-refractivity contribution in [3.8, 4) is 0 Å². The summed E-state index contributed by atoms with van der Waals surface area (Å²) in [7, 11) is 0. The molecule has 0 fully saturated rings. The van der Waals surface area contributed by atoms with Crippen molar-refractivity contribution < 1.29 is 4.84 Å². The molecule has 3 nitrogen and oxygen atoms in total. The maximum absolute atomic E-state index is 5.12. The molecule has 0 aromatic rings. The molecule has 0 aromatic heterocycles. The second-order valence-electron chi connectivity index (χ2n) is 2.21. The largest absolute Gasteiger partial charge is 0.411 e. The standard InChI is InChI=1S/C6H8N2O/c1-5-7-4-6-2-3-9-8(5)6/h2-6H,1H3. The number of rotatable bonds is 0. The molecule has 0 aromatic carbocycles. The zero-order valence-corrected chi connectivity index (χ0v) is 5.19. The fourth-order valence-electron chi connectivity index (χ4n) is 1.07. The molecular formula is C6H8N2O. The first kappa shape index (κ1) is 4.99. The molecule has 3 heteroatoms. The van der Waals surface area contributed by atoms with Gasteiger partial charge in [0.1, 0.15) is 18.5 Å². The predicted molar refractivity (Wildman–Crippen MR) is 33.8 cm³/mol. The van der Waals surface area contributed by atoms with Crippen molar-refractivity contribution in [1.82, 2.24) is 5.06 Å². The number of hydroxylamine groups is 2. The summed E-state index contributed by atoms with van der Waals surface area (Å²) < 4.78 is 0. The summed E-state index contributed by atoms with van der Waals surface area (Å²) >= 11 is 0. The summed E-state index contributed by atoms with van der Waals surface area (Å²) in [6.45, 7) is 2.00. The lowest BCUT2D eigenvalue weighted by molar-refractivity contribution is -0.107. The summed E-state index contributed by atoms with van der Waals surface area (Å²) in [5.74, 6) is 0. The van der Waals surface area contributed by atoms with Gasteiger partial charge in [-0.25, -0.2) is 0 Å². The van der Waals surface area contributed by atoms with Crippen LogP contribution in [0.2, 0.25) is 0 Å². The molecule has 0 saturated heterocycles. The minimum atomic E-state index is 0.185. The van der Waals surface area contributed by atoms with Crippen molar-refractivity contribution in [1.29, 1.82) is 0 Å². The van der Waals surface area contributed by atoms with Crippen LogP contribution in [0.25, 0.3) is 0 Å². The fourth-order valence-corrected chi connectivity index (χ4v) is 1.07.